The average Bonchev–Trinajstić information content (AvgIpc) is 3.32. The maximum absolute atomic E-state index is 12.8. The molecule has 0 bridgehead atoms. The summed E-state index contributed by atoms with van der Waals surface area (Å²) < 4.78 is 38.7. The molecule has 0 heterocycles. The normalized spacial score (nSPS) is 12.5. The topological polar surface area (TPSA) is 193 Å². The summed E-state index contributed by atoms with van der Waals surface area (Å²) in [5.41, 5.74) is 0.780. The first-order valence-electron chi connectivity index (χ1n) is 26.3. The van der Waals surface area contributed by atoms with Crippen molar-refractivity contribution in [3.63, 3.8) is 0 Å². The number of aldehydes is 1. The lowest BCUT2D eigenvalue weighted by atomic mass is 10.0. The Labute approximate surface area is 404 Å². The molecule has 2 atom stereocenters. The van der Waals surface area contributed by atoms with Crippen molar-refractivity contribution in [2.45, 2.75) is 225 Å². The Bertz CT molecular complexity index is 1450. The van der Waals surface area contributed by atoms with Gasteiger partial charge in [-0.1, -0.05) is 206 Å². The second-order valence-corrected chi connectivity index (χ2v) is 19.3. The molecule has 2 amide bonds. The summed E-state index contributed by atoms with van der Waals surface area (Å²) in [4.78, 5) is 70.7. The van der Waals surface area contributed by atoms with Gasteiger partial charge in [-0.05, 0) is 25.0 Å². The molecule has 1 rings (SSSR count). The summed E-state index contributed by atoms with van der Waals surface area (Å²) in [5.74, 6) is -1.35. The van der Waals surface area contributed by atoms with Crippen LogP contribution in [0.5, 0.6) is 0 Å². The molecule has 0 aromatic heterocycles. The first kappa shape index (κ1) is 61.7. The van der Waals surface area contributed by atoms with E-state index >= 15 is 0 Å². The number of hydrogen-bond donors (Lipinski definition) is 3. The van der Waals surface area contributed by atoms with Crippen LogP contribution in [0.3, 0.4) is 0 Å². The number of alkyl carbamates (subject to hydrolysis) is 1. The molecule has 0 saturated heterocycles. The van der Waals surface area contributed by atoms with Gasteiger partial charge >= 0.3 is 25.9 Å². The zero-order valence-electron chi connectivity index (χ0n) is 41.7. The van der Waals surface area contributed by atoms with Crippen LogP contribution in [0.15, 0.2) is 24.3 Å². The van der Waals surface area contributed by atoms with Crippen molar-refractivity contribution in [3.8, 4) is 0 Å². The minimum atomic E-state index is -4.66. The number of unbranched alkanes of at least 4 members (excludes halogenated alkanes) is 28. The lowest BCUT2D eigenvalue weighted by Crippen LogP contribution is -2.32. The van der Waals surface area contributed by atoms with Crippen LogP contribution in [0.2, 0.25) is 0 Å². The Balaban J connectivity index is 2.39. The van der Waals surface area contributed by atoms with Gasteiger partial charge in [0.05, 0.1) is 19.8 Å². The minimum Gasteiger partial charge on any atom is -0.462 e. The van der Waals surface area contributed by atoms with Crippen molar-refractivity contribution in [1.82, 2.24) is 10.6 Å². The van der Waals surface area contributed by atoms with E-state index in [1.165, 1.54) is 166 Å². The minimum absolute atomic E-state index is 0.0257. The lowest BCUT2D eigenvalue weighted by Gasteiger charge is -2.20. The third-order valence-corrected chi connectivity index (χ3v) is 12.7. The van der Waals surface area contributed by atoms with Crippen molar-refractivity contribution < 1.29 is 56.7 Å². The highest BCUT2D eigenvalue weighted by molar-refractivity contribution is 7.47. The van der Waals surface area contributed by atoms with Gasteiger partial charge in [-0.25, -0.2) is 9.36 Å². The fourth-order valence-corrected chi connectivity index (χ4v) is 8.35. The number of nitrogens with one attached hydrogen (secondary N) is 2. The van der Waals surface area contributed by atoms with E-state index in [4.69, 9.17) is 23.3 Å². The second-order valence-electron chi connectivity index (χ2n) is 17.9. The summed E-state index contributed by atoms with van der Waals surface area (Å²) in [6, 6.07) is 6.03. The number of hydrogen-bond acceptors (Lipinski definition) is 11. The predicted molar refractivity (Wildman–Crippen MR) is 265 cm³/mol. The van der Waals surface area contributed by atoms with E-state index in [1.807, 2.05) is 0 Å². The van der Waals surface area contributed by atoms with Gasteiger partial charge in [0.25, 0.3) is 5.91 Å². The van der Waals surface area contributed by atoms with E-state index in [1.54, 1.807) is 0 Å². The predicted octanol–water partition coefficient (Wildman–Crippen LogP) is 13.1. The molecular formula is C52H91N2O12P. The summed E-state index contributed by atoms with van der Waals surface area (Å²) in [6.07, 6.45) is 35.5. The number of amides is 2. The molecule has 0 radical (unpaired) electrons. The molecule has 386 valence electrons. The number of ether oxygens (including phenoxy) is 3. The summed E-state index contributed by atoms with van der Waals surface area (Å²) >= 11 is 0. The van der Waals surface area contributed by atoms with Crippen LogP contribution in [-0.4, -0.2) is 80.7 Å². The molecule has 0 aliphatic heterocycles. The molecule has 0 spiro atoms. The molecular weight excluding hydrogens is 876 g/mol. The molecule has 0 saturated carbocycles. The van der Waals surface area contributed by atoms with E-state index < -0.39 is 51.1 Å². The molecule has 14 nitrogen and oxygen atoms in total. The monoisotopic (exact) mass is 967 g/mol. The largest absolute Gasteiger partial charge is 0.472 e. The number of phosphoric acid groups is 1. The first-order valence-corrected chi connectivity index (χ1v) is 27.8. The highest BCUT2D eigenvalue weighted by Crippen LogP contribution is 2.43. The zero-order valence-corrected chi connectivity index (χ0v) is 42.6. The zero-order chi connectivity index (χ0) is 48.9. The van der Waals surface area contributed by atoms with Gasteiger partial charge in [0.2, 0.25) is 0 Å². The van der Waals surface area contributed by atoms with Crippen molar-refractivity contribution in [2.24, 2.45) is 0 Å². The van der Waals surface area contributed by atoms with Crippen molar-refractivity contribution in [2.75, 3.05) is 39.5 Å². The van der Waals surface area contributed by atoms with E-state index in [2.05, 4.69) is 24.5 Å². The molecule has 3 N–H and O–H groups in total. The molecule has 0 aliphatic rings. The summed E-state index contributed by atoms with van der Waals surface area (Å²) in [6.45, 7) is 2.89. The number of carbonyl (C=O) groups is 5. The smallest absolute Gasteiger partial charge is 0.462 e. The molecule has 0 aliphatic carbocycles. The molecule has 15 heteroatoms. The van der Waals surface area contributed by atoms with Gasteiger partial charge in [0.1, 0.15) is 19.5 Å². The van der Waals surface area contributed by atoms with Crippen LogP contribution in [-0.2, 0) is 37.4 Å². The van der Waals surface area contributed by atoms with Crippen LogP contribution in [0, 0.1) is 0 Å². The number of benzene rings is 1. The maximum atomic E-state index is 12.8. The fraction of sp³-hybridized carbons (Fsp3) is 0.788. The molecule has 1 aromatic rings. The second kappa shape index (κ2) is 43.9. The third-order valence-electron chi connectivity index (χ3n) is 11.7. The number of carbonyl (C=O) groups excluding carboxylic acids is 5. The van der Waals surface area contributed by atoms with Crippen LogP contribution >= 0.6 is 7.82 Å². The maximum Gasteiger partial charge on any atom is 0.472 e. The average molecular weight is 967 g/mol. The van der Waals surface area contributed by atoms with Crippen molar-refractivity contribution in [3.05, 3.63) is 35.4 Å². The van der Waals surface area contributed by atoms with Crippen molar-refractivity contribution in [1.29, 1.82) is 0 Å². The number of esters is 2. The van der Waals surface area contributed by atoms with Gasteiger partial charge in [-0.2, -0.15) is 0 Å². The van der Waals surface area contributed by atoms with E-state index in [0.717, 1.165) is 38.5 Å². The quantitative estimate of drug-likeness (QED) is 0.0184. The first-order chi connectivity index (χ1) is 32.6. The molecule has 67 heavy (non-hydrogen) atoms. The van der Waals surface area contributed by atoms with Gasteiger partial charge in [0.15, 0.2) is 6.10 Å². The van der Waals surface area contributed by atoms with Crippen LogP contribution in [0.1, 0.15) is 240 Å². The Morgan fingerprint density at radius 3 is 1.40 bits per heavy atom. The SMILES string of the molecule is CCCCCCCCCCCCCCCCCC(=O)OC[C@H](COP(=O)(O)OCCNC(=O)OCCNC(=O)c1ccc(C=O)cc1)OC(=O)CCCCCCCCCCCCCCCCC. The summed E-state index contributed by atoms with van der Waals surface area (Å²) in [7, 11) is -4.66. The van der Waals surface area contributed by atoms with Gasteiger partial charge < -0.3 is 29.7 Å². The Kier molecular flexibility index (Phi) is 40.4. The van der Waals surface area contributed by atoms with E-state index in [0.29, 0.717) is 30.3 Å². The van der Waals surface area contributed by atoms with Gasteiger partial charge in [0, 0.05) is 30.5 Å². The summed E-state index contributed by atoms with van der Waals surface area (Å²) in [5, 5.41) is 4.95. The third kappa shape index (κ3) is 39.3. The highest BCUT2D eigenvalue weighted by atomic mass is 31.2. The Morgan fingerprint density at radius 2 is 0.955 bits per heavy atom. The fourth-order valence-electron chi connectivity index (χ4n) is 7.60. The Hall–Kier alpha value is -3.32. The Morgan fingerprint density at radius 1 is 0.537 bits per heavy atom. The van der Waals surface area contributed by atoms with Crippen LogP contribution < -0.4 is 10.6 Å². The van der Waals surface area contributed by atoms with Crippen LogP contribution in [0.4, 0.5) is 4.79 Å². The van der Waals surface area contributed by atoms with Crippen molar-refractivity contribution >= 4 is 38.0 Å². The highest BCUT2D eigenvalue weighted by Gasteiger charge is 2.26. The lowest BCUT2D eigenvalue weighted by molar-refractivity contribution is -0.161. The standard InChI is InChI=1S/C52H91N2O12P/c1-3-5-7-9-11-13-15-17-19-21-23-25-27-29-31-33-49(56)63-44-48(66-50(57)34-32-30-28-26-24-22-20-18-16-14-12-10-8-6-4-2)45-65-67(60,61)64-42-40-54-52(59)62-41-39-53-51(58)47-37-35-46(43-55)36-38-47/h35-38,43,48H,3-34,39-42,44-45H2,1-2H3,(H,53,58)(H,54,59)(H,60,61)/t48-/m1/s1. The van der Waals surface area contributed by atoms with Gasteiger partial charge in [-0.3, -0.25) is 28.2 Å². The molecule has 1 unspecified atom stereocenters. The number of rotatable bonds is 47. The number of phosphoric ester groups is 1. The molecule has 1 aromatic carbocycles. The van der Waals surface area contributed by atoms with E-state index in [9.17, 15) is 33.4 Å². The van der Waals surface area contributed by atoms with Gasteiger partial charge in [-0.15, -0.1) is 0 Å². The molecule has 0 fully saturated rings. The van der Waals surface area contributed by atoms with E-state index in [-0.39, 0.29) is 39.1 Å². The van der Waals surface area contributed by atoms with Crippen LogP contribution in [0.25, 0.3) is 0 Å².